The van der Waals surface area contributed by atoms with Crippen molar-refractivity contribution in [3.63, 3.8) is 0 Å². The summed E-state index contributed by atoms with van der Waals surface area (Å²) in [6.07, 6.45) is 0.923. The molecule has 118 valence electrons. The van der Waals surface area contributed by atoms with E-state index in [1.807, 2.05) is 36.4 Å². The predicted octanol–water partition coefficient (Wildman–Crippen LogP) is 3.35. The van der Waals surface area contributed by atoms with Crippen LogP contribution < -0.4 is 10.0 Å². The van der Waals surface area contributed by atoms with Crippen LogP contribution >= 0.6 is 11.3 Å². The van der Waals surface area contributed by atoms with Crippen molar-refractivity contribution in [1.82, 2.24) is 5.32 Å². The lowest BCUT2D eigenvalue weighted by atomic mass is 10.00. The van der Waals surface area contributed by atoms with E-state index >= 15 is 0 Å². The summed E-state index contributed by atoms with van der Waals surface area (Å²) in [6, 6.07) is 13.4. The first kappa shape index (κ1) is 14.7. The Kier molecular flexibility index (Phi) is 3.60. The summed E-state index contributed by atoms with van der Waals surface area (Å²) in [4.78, 5) is 0.347. The summed E-state index contributed by atoms with van der Waals surface area (Å²) >= 11 is 1.45. The van der Waals surface area contributed by atoms with Crippen LogP contribution in [0, 0.1) is 0 Å². The highest BCUT2D eigenvalue weighted by atomic mass is 32.2. The van der Waals surface area contributed by atoms with Gasteiger partial charge in [0, 0.05) is 22.0 Å². The zero-order valence-corrected chi connectivity index (χ0v) is 14.0. The molecule has 4 nitrogen and oxygen atoms in total. The summed E-state index contributed by atoms with van der Waals surface area (Å²) in [5.74, 6) is 0. The van der Waals surface area contributed by atoms with E-state index in [1.54, 1.807) is 5.38 Å². The molecule has 2 aromatic carbocycles. The smallest absolute Gasteiger partial charge is 0.263 e. The highest BCUT2D eigenvalue weighted by Crippen LogP contribution is 2.32. The average Bonchev–Trinajstić information content (AvgIpc) is 3.00. The van der Waals surface area contributed by atoms with Gasteiger partial charge in [-0.15, -0.1) is 11.3 Å². The number of hydrogen-bond donors (Lipinski definition) is 2. The largest absolute Gasteiger partial charge is 0.312 e. The lowest BCUT2D eigenvalue weighted by Gasteiger charge is -2.21. The second-order valence-electron chi connectivity index (χ2n) is 5.57. The molecule has 2 heterocycles. The standard InChI is InChI=1S/C17H16N2O2S2/c20-23(21,17-11-22-16-7-2-1-5-13(16)17)19-15-6-3-4-12-8-9-18-10-14(12)15/h1-7,11,18-19H,8-10H2. The van der Waals surface area contributed by atoms with Crippen molar-refractivity contribution in [2.75, 3.05) is 11.3 Å². The Labute approximate surface area is 139 Å². The van der Waals surface area contributed by atoms with Gasteiger partial charge in [0.15, 0.2) is 0 Å². The summed E-state index contributed by atoms with van der Waals surface area (Å²) in [6.45, 7) is 1.62. The molecule has 1 aliphatic rings. The zero-order chi connectivity index (χ0) is 15.9. The predicted molar refractivity (Wildman–Crippen MR) is 94.5 cm³/mol. The Morgan fingerprint density at radius 3 is 2.87 bits per heavy atom. The number of nitrogens with one attached hydrogen (secondary N) is 2. The average molecular weight is 344 g/mol. The van der Waals surface area contributed by atoms with Crippen LogP contribution in [0.3, 0.4) is 0 Å². The molecular formula is C17H16N2O2S2. The number of benzene rings is 2. The third-order valence-electron chi connectivity index (χ3n) is 4.13. The van der Waals surface area contributed by atoms with Crippen molar-refractivity contribution in [2.45, 2.75) is 17.9 Å². The van der Waals surface area contributed by atoms with Crippen LogP contribution in [0.1, 0.15) is 11.1 Å². The number of anilines is 1. The van der Waals surface area contributed by atoms with Crippen LogP contribution in [0.4, 0.5) is 5.69 Å². The van der Waals surface area contributed by atoms with E-state index in [9.17, 15) is 8.42 Å². The van der Waals surface area contributed by atoms with Gasteiger partial charge in [0.1, 0.15) is 4.90 Å². The van der Waals surface area contributed by atoms with Gasteiger partial charge in [-0.05, 0) is 36.2 Å². The molecule has 4 rings (SSSR count). The van der Waals surface area contributed by atoms with Crippen LogP contribution in [0.2, 0.25) is 0 Å². The molecule has 0 atom stereocenters. The summed E-state index contributed by atoms with van der Waals surface area (Å²) in [5.41, 5.74) is 2.92. The van der Waals surface area contributed by atoms with Crippen molar-refractivity contribution >= 4 is 37.1 Å². The number of fused-ring (bicyclic) bond motifs is 2. The number of hydrogen-bond acceptors (Lipinski definition) is 4. The van der Waals surface area contributed by atoms with Gasteiger partial charge in [-0.2, -0.15) is 0 Å². The van der Waals surface area contributed by atoms with E-state index < -0.39 is 10.0 Å². The molecule has 0 fully saturated rings. The van der Waals surface area contributed by atoms with Gasteiger partial charge >= 0.3 is 0 Å². The van der Waals surface area contributed by atoms with Crippen molar-refractivity contribution in [3.05, 3.63) is 59.0 Å². The van der Waals surface area contributed by atoms with Crippen molar-refractivity contribution in [2.24, 2.45) is 0 Å². The molecule has 1 aromatic heterocycles. The Balaban J connectivity index is 1.76. The van der Waals surface area contributed by atoms with Crippen molar-refractivity contribution in [3.8, 4) is 0 Å². The van der Waals surface area contributed by atoms with Gasteiger partial charge in [-0.1, -0.05) is 30.3 Å². The summed E-state index contributed by atoms with van der Waals surface area (Å²) < 4.78 is 29.4. The van der Waals surface area contributed by atoms with E-state index in [2.05, 4.69) is 16.1 Å². The molecule has 0 unspecified atom stereocenters. The molecule has 0 radical (unpaired) electrons. The monoisotopic (exact) mass is 344 g/mol. The Morgan fingerprint density at radius 2 is 1.96 bits per heavy atom. The van der Waals surface area contributed by atoms with Crippen LogP contribution in [0.25, 0.3) is 10.1 Å². The Hall–Kier alpha value is -1.89. The fraction of sp³-hybridized carbons (Fsp3) is 0.176. The summed E-state index contributed by atoms with van der Waals surface area (Å²) in [7, 11) is -3.60. The minimum atomic E-state index is -3.60. The molecular weight excluding hydrogens is 328 g/mol. The molecule has 23 heavy (non-hydrogen) atoms. The molecule has 0 spiro atoms. The van der Waals surface area contributed by atoms with Crippen LogP contribution in [0.5, 0.6) is 0 Å². The van der Waals surface area contributed by atoms with Crippen LogP contribution in [-0.2, 0) is 23.0 Å². The maximum absolute atomic E-state index is 12.8. The van der Waals surface area contributed by atoms with Crippen LogP contribution in [0.15, 0.2) is 52.7 Å². The minimum absolute atomic E-state index is 0.347. The number of rotatable bonds is 3. The molecule has 1 aliphatic heterocycles. The van der Waals surface area contributed by atoms with E-state index in [4.69, 9.17) is 0 Å². The molecule has 0 amide bonds. The second-order valence-corrected chi connectivity index (χ2v) is 8.13. The molecule has 0 saturated carbocycles. The van der Waals surface area contributed by atoms with E-state index in [0.717, 1.165) is 28.6 Å². The fourth-order valence-electron chi connectivity index (χ4n) is 2.97. The topological polar surface area (TPSA) is 58.2 Å². The first-order valence-corrected chi connectivity index (χ1v) is 9.82. The van der Waals surface area contributed by atoms with Crippen molar-refractivity contribution < 1.29 is 8.42 Å². The minimum Gasteiger partial charge on any atom is -0.312 e. The normalized spacial score (nSPS) is 14.6. The highest BCUT2D eigenvalue weighted by Gasteiger charge is 2.21. The molecule has 2 N–H and O–H groups in total. The fourth-order valence-corrected chi connectivity index (χ4v) is 5.57. The number of thiophene rings is 1. The van der Waals surface area contributed by atoms with E-state index in [1.165, 1.54) is 16.9 Å². The van der Waals surface area contributed by atoms with Gasteiger partial charge in [0.05, 0.1) is 5.69 Å². The first-order valence-electron chi connectivity index (χ1n) is 7.46. The maximum Gasteiger partial charge on any atom is 0.263 e. The Bertz CT molecular complexity index is 977. The first-order chi connectivity index (χ1) is 11.1. The highest BCUT2D eigenvalue weighted by molar-refractivity contribution is 7.93. The van der Waals surface area contributed by atoms with Gasteiger partial charge < -0.3 is 5.32 Å². The van der Waals surface area contributed by atoms with E-state index in [-0.39, 0.29) is 0 Å². The summed E-state index contributed by atoms with van der Waals surface area (Å²) in [5, 5.41) is 5.78. The lowest BCUT2D eigenvalue weighted by molar-refractivity contribution is 0.602. The quantitative estimate of drug-likeness (QED) is 0.766. The zero-order valence-electron chi connectivity index (χ0n) is 12.4. The van der Waals surface area contributed by atoms with Crippen molar-refractivity contribution in [1.29, 1.82) is 0 Å². The molecule has 0 aliphatic carbocycles. The third-order valence-corrected chi connectivity index (χ3v) is 6.64. The van der Waals surface area contributed by atoms with Gasteiger partial charge in [-0.25, -0.2) is 8.42 Å². The van der Waals surface area contributed by atoms with E-state index in [0.29, 0.717) is 17.1 Å². The van der Waals surface area contributed by atoms with Gasteiger partial charge in [-0.3, -0.25) is 4.72 Å². The number of sulfonamides is 1. The lowest BCUT2D eigenvalue weighted by Crippen LogP contribution is -2.25. The third kappa shape index (κ3) is 2.63. The van der Waals surface area contributed by atoms with Gasteiger partial charge in [0.2, 0.25) is 0 Å². The molecule has 0 saturated heterocycles. The second kappa shape index (κ2) is 5.63. The molecule has 0 bridgehead atoms. The maximum atomic E-state index is 12.8. The molecule has 6 heteroatoms. The molecule has 3 aromatic rings. The SMILES string of the molecule is O=S(=O)(Nc1cccc2c1CNCC2)c1csc2ccccc12. The van der Waals surface area contributed by atoms with Crippen LogP contribution in [-0.4, -0.2) is 15.0 Å². The van der Waals surface area contributed by atoms with Gasteiger partial charge in [0.25, 0.3) is 10.0 Å². The Morgan fingerprint density at radius 1 is 1.09 bits per heavy atom.